The number of aliphatic hydroxyl groups excluding tert-OH is 1. The molecule has 1 saturated heterocycles. The molecule has 0 radical (unpaired) electrons. The maximum Gasteiger partial charge on any atom is 0.330 e. The number of hydrogen-bond acceptors (Lipinski definition) is 7. The van der Waals surface area contributed by atoms with Crippen LogP contribution < -0.4 is 11.2 Å². The van der Waals surface area contributed by atoms with Crippen LogP contribution in [0.3, 0.4) is 0 Å². The zero-order valence-electron chi connectivity index (χ0n) is 18.6. The number of aliphatic hydroxyl groups is 2. The van der Waals surface area contributed by atoms with Gasteiger partial charge in [-0.05, 0) is 11.1 Å². The fraction of sp³-hybridized carbons (Fsp3) is 0.360. The third-order valence-electron chi connectivity index (χ3n) is 5.84. The molecule has 0 spiro atoms. The van der Waals surface area contributed by atoms with Gasteiger partial charge < -0.3 is 24.4 Å². The van der Waals surface area contributed by atoms with Gasteiger partial charge in [0.2, 0.25) is 0 Å². The third-order valence-corrected chi connectivity index (χ3v) is 5.84. The van der Waals surface area contributed by atoms with E-state index in [4.69, 9.17) is 14.2 Å². The second-order valence-electron chi connectivity index (χ2n) is 8.23. The summed E-state index contributed by atoms with van der Waals surface area (Å²) in [5.74, 6) is 0. The number of H-pyrrole nitrogens is 1. The van der Waals surface area contributed by atoms with Crippen molar-refractivity contribution < 1.29 is 24.4 Å². The van der Waals surface area contributed by atoms with Gasteiger partial charge in [-0.2, -0.15) is 0 Å². The predicted octanol–water partition coefficient (Wildman–Crippen LogP) is 1.35. The molecule has 3 aromatic rings. The van der Waals surface area contributed by atoms with Gasteiger partial charge in [-0.1, -0.05) is 60.7 Å². The van der Waals surface area contributed by atoms with Crippen LogP contribution in [0.2, 0.25) is 0 Å². The molecule has 1 aliphatic rings. The molecule has 2 heterocycles. The van der Waals surface area contributed by atoms with Crippen LogP contribution in [-0.4, -0.2) is 50.8 Å². The lowest BCUT2D eigenvalue weighted by molar-refractivity contribution is -0.137. The first-order valence-corrected chi connectivity index (χ1v) is 11.1. The number of aromatic nitrogens is 2. The van der Waals surface area contributed by atoms with E-state index in [1.165, 1.54) is 12.3 Å². The number of ether oxygens (including phenoxy) is 3. The van der Waals surface area contributed by atoms with E-state index in [0.29, 0.717) is 6.61 Å². The number of hydrogen-bond donors (Lipinski definition) is 3. The summed E-state index contributed by atoms with van der Waals surface area (Å²) in [4.78, 5) is 26.2. The van der Waals surface area contributed by atoms with E-state index in [9.17, 15) is 19.8 Å². The summed E-state index contributed by atoms with van der Waals surface area (Å²) in [6.45, 7) is 0.229. The van der Waals surface area contributed by atoms with E-state index in [2.05, 4.69) is 4.98 Å². The zero-order chi connectivity index (χ0) is 24.0. The van der Waals surface area contributed by atoms with Gasteiger partial charge in [-0.25, -0.2) is 4.79 Å². The minimum atomic E-state index is -1.76. The molecule has 1 aromatic heterocycles. The van der Waals surface area contributed by atoms with E-state index >= 15 is 0 Å². The van der Waals surface area contributed by atoms with Crippen LogP contribution in [0.1, 0.15) is 23.8 Å². The largest absolute Gasteiger partial charge is 0.396 e. The molecule has 1 fully saturated rings. The number of aromatic amines is 1. The zero-order valence-corrected chi connectivity index (χ0v) is 18.6. The maximum atomic E-state index is 12.5. The number of nitrogens with zero attached hydrogens (tertiary/aromatic N) is 1. The number of nitrogens with one attached hydrogen (secondary N) is 1. The Labute approximate surface area is 196 Å². The lowest BCUT2D eigenvalue weighted by Crippen LogP contribution is -2.51. The average molecular weight is 469 g/mol. The molecule has 9 heteroatoms. The smallest absolute Gasteiger partial charge is 0.330 e. The Morgan fingerprint density at radius 1 is 0.971 bits per heavy atom. The minimum Gasteiger partial charge on any atom is -0.396 e. The fourth-order valence-corrected chi connectivity index (χ4v) is 4.19. The highest BCUT2D eigenvalue weighted by molar-refractivity contribution is 5.15. The summed E-state index contributed by atoms with van der Waals surface area (Å²) < 4.78 is 19.2. The van der Waals surface area contributed by atoms with Crippen molar-refractivity contribution in [2.75, 3.05) is 13.2 Å². The van der Waals surface area contributed by atoms with Crippen molar-refractivity contribution in [2.45, 2.75) is 43.7 Å². The molecule has 1 aliphatic heterocycles. The van der Waals surface area contributed by atoms with Gasteiger partial charge in [-0.15, -0.1) is 0 Å². The second kappa shape index (κ2) is 10.9. The highest BCUT2D eigenvalue weighted by atomic mass is 16.6. The van der Waals surface area contributed by atoms with Crippen LogP contribution in [0.25, 0.3) is 0 Å². The molecule has 0 amide bonds. The van der Waals surface area contributed by atoms with E-state index < -0.39 is 35.3 Å². The highest BCUT2D eigenvalue weighted by Gasteiger charge is 2.57. The molecule has 0 bridgehead atoms. The Morgan fingerprint density at radius 2 is 1.62 bits per heavy atom. The number of rotatable bonds is 10. The molecule has 0 aliphatic carbocycles. The van der Waals surface area contributed by atoms with Crippen LogP contribution in [0.5, 0.6) is 0 Å². The third kappa shape index (κ3) is 5.35. The first kappa shape index (κ1) is 24.1. The number of benzene rings is 2. The molecule has 4 atom stereocenters. The van der Waals surface area contributed by atoms with Crippen LogP contribution in [0, 0.1) is 0 Å². The van der Waals surface area contributed by atoms with Gasteiger partial charge in [0.15, 0.2) is 6.23 Å². The van der Waals surface area contributed by atoms with Crippen molar-refractivity contribution in [3.63, 3.8) is 0 Å². The Balaban J connectivity index is 1.60. The first-order chi connectivity index (χ1) is 16.5. The van der Waals surface area contributed by atoms with Crippen LogP contribution in [-0.2, 0) is 27.4 Å². The Bertz CT molecular complexity index is 1160. The highest BCUT2D eigenvalue weighted by Crippen LogP contribution is 2.42. The molecule has 34 heavy (non-hydrogen) atoms. The summed E-state index contributed by atoms with van der Waals surface area (Å²) in [6.07, 6.45) is -1.71. The molecular weight excluding hydrogens is 440 g/mol. The SMILES string of the molecule is O=c1ccn(C2OC(COCc3ccccc3)[C@@H](OCc3ccccc3)[C@]2(O)CCO)c(=O)[nH]1. The fourth-order valence-electron chi connectivity index (χ4n) is 4.19. The van der Waals surface area contributed by atoms with Crippen molar-refractivity contribution in [3.05, 3.63) is 105 Å². The van der Waals surface area contributed by atoms with Gasteiger partial charge in [-0.3, -0.25) is 14.3 Å². The van der Waals surface area contributed by atoms with E-state index in [1.807, 2.05) is 60.7 Å². The molecule has 4 rings (SSSR count). The standard InChI is InChI=1S/C25H28N2O7/c28-14-12-25(31)22(33-16-19-9-5-2-6-10-19)20(17-32-15-18-7-3-1-4-8-18)34-23(25)27-13-11-21(29)26-24(27)30/h1-11,13,20,22-23,28,31H,12,14-17H2,(H,26,29,30)/t20?,22-,23?,25-/m1/s1. The van der Waals surface area contributed by atoms with Gasteiger partial charge in [0, 0.05) is 25.3 Å². The van der Waals surface area contributed by atoms with Crippen molar-refractivity contribution >= 4 is 0 Å². The molecule has 2 aromatic carbocycles. The topological polar surface area (TPSA) is 123 Å². The summed E-state index contributed by atoms with van der Waals surface area (Å²) in [7, 11) is 0. The van der Waals surface area contributed by atoms with Gasteiger partial charge >= 0.3 is 5.69 Å². The molecule has 180 valence electrons. The molecule has 2 unspecified atom stereocenters. The van der Waals surface area contributed by atoms with E-state index in [0.717, 1.165) is 15.7 Å². The maximum absolute atomic E-state index is 12.5. The average Bonchev–Trinajstić information content (AvgIpc) is 3.10. The minimum absolute atomic E-state index is 0.0801. The quantitative estimate of drug-likeness (QED) is 0.410. The summed E-state index contributed by atoms with van der Waals surface area (Å²) in [5.41, 5.74) is -1.19. The van der Waals surface area contributed by atoms with Gasteiger partial charge in [0.05, 0.1) is 19.8 Å². The second-order valence-corrected chi connectivity index (χ2v) is 8.23. The Hall–Kier alpha value is -3.08. The summed E-state index contributed by atoms with van der Waals surface area (Å²) in [5, 5.41) is 21.4. The van der Waals surface area contributed by atoms with Crippen molar-refractivity contribution in [1.29, 1.82) is 0 Å². The van der Waals surface area contributed by atoms with Crippen molar-refractivity contribution in [2.24, 2.45) is 0 Å². The summed E-state index contributed by atoms with van der Waals surface area (Å²) in [6, 6.07) is 20.2. The molecule has 3 N–H and O–H groups in total. The monoisotopic (exact) mass is 468 g/mol. The van der Waals surface area contributed by atoms with Crippen LogP contribution in [0.4, 0.5) is 0 Å². The normalized spacial score (nSPS) is 24.4. The van der Waals surface area contributed by atoms with E-state index in [1.54, 1.807) is 0 Å². The van der Waals surface area contributed by atoms with Crippen molar-refractivity contribution in [1.82, 2.24) is 9.55 Å². The predicted molar refractivity (Wildman–Crippen MR) is 123 cm³/mol. The van der Waals surface area contributed by atoms with Gasteiger partial charge in [0.25, 0.3) is 5.56 Å². The van der Waals surface area contributed by atoms with Crippen molar-refractivity contribution in [3.8, 4) is 0 Å². The Kier molecular flexibility index (Phi) is 7.71. The van der Waals surface area contributed by atoms with E-state index in [-0.39, 0.29) is 26.2 Å². The summed E-state index contributed by atoms with van der Waals surface area (Å²) >= 11 is 0. The Morgan fingerprint density at radius 3 is 2.24 bits per heavy atom. The molecular formula is C25H28N2O7. The molecule has 0 saturated carbocycles. The lowest BCUT2D eigenvalue weighted by atomic mass is 9.90. The first-order valence-electron chi connectivity index (χ1n) is 11.1. The van der Waals surface area contributed by atoms with Crippen LogP contribution in [0.15, 0.2) is 82.5 Å². The van der Waals surface area contributed by atoms with Crippen LogP contribution >= 0.6 is 0 Å². The lowest BCUT2D eigenvalue weighted by Gasteiger charge is -2.33. The van der Waals surface area contributed by atoms with Gasteiger partial charge in [0.1, 0.15) is 17.8 Å². The molecule has 9 nitrogen and oxygen atoms in total.